The van der Waals surface area contributed by atoms with Crippen molar-refractivity contribution in [2.45, 2.75) is 65.2 Å². The van der Waals surface area contributed by atoms with Crippen LogP contribution in [0.4, 0.5) is 4.79 Å². The molecule has 0 aliphatic rings. The Morgan fingerprint density at radius 1 is 1.00 bits per heavy atom. The highest BCUT2D eigenvalue weighted by molar-refractivity contribution is 5.86. The predicted molar refractivity (Wildman–Crippen MR) is 115 cm³/mol. The van der Waals surface area contributed by atoms with Gasteiger partial charge in [0.15, 0.2) is 0 Å². The molecule has 0 unspecified atom stereocenters. The Morgan fingerprint density at radius 3 is 2.07 bits per heavy atom. The molecule has 1 rings (SSSR count). The number of hydrogen-bond acceptors (Lipinski definition) is 5. The minimum absolute atomic E-state index is 0.243. The summed E-state index contributed by atoms with van der Waals surface area (Å²) in [5.41, 5.74) is -0.00791. The van der Waals surface area contributed by atoms with Crippen LogP contribution in [-0.2, 0) is 16.0 Å². The molecule has 0 aromatic heterocycles. The summed E-state index contributed by atoms with van der Waals surface area (Å²) in [4.78, 5) is 26.9. The van der Waals surface area contributed by atoms with E-state index in [9.17, 15) is 9.59 Å². The van der Waals surface area contributed by atoms with Crippen LogP contribution in [-0.4, -0.2) is 61.3 Å². The average molecular weight is 408 g/mol. The number of benzene rings is 1. The Hall–Kier alpha value is -2.28. The number of hydrogen-bond donors (Lipinski definition) is 2. The maximum Gasteiger partial charge on any atom is 0.408 e. The van der Waals surface area contributed by atoms with Gasteiger partial charge in [0, 0.05) is 19.5 Å². The zero-order valence-electron chi connectivity index (χ0n) is 19.1. The quantitative estimate of drug-likeness (QED) is 0.693. The topological polar surface area (TPSA) is 79.9 Å². The largest absolute Gasteiger partial charge is 0.488 e. The highest BCUT2D eigenvalue weighted by Crippen LogP contribution is 2.19. The zero-order chi connectivity index (χ0) is 22.2. The van der Waals surface area contributed by atoms with E-state index in [2.05, 4.69) is 10.6 Å². The van der Waals surface area contributed by atoms with Crippen LogP contribution in [0.15, 0.2) is 24.3 Å². The molecule has 0 saturated carbocycles. The SMILES string of the molecule is CN(C)CCNC(=O)[C@H](Cc1ccc(OC(C)(C)C)cc1)NC(=O)OC(C)(C)C. The Morgan fingerprint density at radius 2 is 1.59 bits per heavy atom. The minimum atomic E-state index is -0.735. The standard InChI is InChI=1S/C22H37N3O4/c1-21(2,3)28-17-11-9-16(10-12-17)15-18(19(26)23-13-14-25(7)8)24-20(27)29-22(4,5)6/h9-12,18H,13-15H2,1-8H3,(H,23,26)(H,24,27)/t18-/m0/s1. The Balaban J connectivity index is 2.84. The summed E-state index contributed by atoms with van der Waals surface area (Å²) in [6.07, 6.45) is -0.263. The Kier molecular flexibility index (Phi) is 8.95. The number of carbonyl (C=O) groups excluding carboxylic acids is 2. The normalized spacial score (nSPS) is 13.0. The molecule has 0 bridgehead atoms. The third kappa shape index (κ3) is 11.3. The maximum absolute atomic E-state index is 12.7. The van der Waals surface area contributed by atoms with Crippen LogP contribution in [0.2, 0.25) is 0 Å². The van der Waals surface area contributed by atoms with Crippen molar-refractivity contribution in [1.29, 1.82) is 0 Å². The van der Waals surface area contributed by atoms with Gasteiger partial charge in [0.1, 0.15) is 23.0 Å². The lowest BCUT2D eigenvalue weighted by Crippen LogP contribution is -2.50. The van der Waals surface area contributed by atoms with Crippen LogP contribution in [0, 0.1) is 0 Å². The van der Waals surface area contributed by atoms with Crippen molar-refractivity contribution in [2.75, 3.05) is 27.2 Å². The summed E-state index contributed by atoms with van der Waals surface area (Å²) in [6, 6.07) is 6.81. The summed E-state index contributed by atoms with van der Waals surface area (Å²) in [6.45, 7) is 12.5. The molecule has 7 heteroatoms. The van der Waals surface area contributed by atoms with Crippen molar-refractivity contribution >= 4 is 12.0 Å². The summed E-state index contributed by atoms with van der Waals surface area (Å²) < 4.78 is 11.1. The molecule has 1 aromatic carbocycles. The lowest BCUT2D eigenvalue weighted by molar-refractivity contribution is -0.123. The molecule has 1 atom stereocenters. The van der Waals surface area contributed by atoms with E-state index in [1.807, 2.05) is 64.0 Å². The predicted octanol–water partition coefficient (Wildman–Crippen LogP) is 2.98. The van der Waals surface area contributed by atoms with E-state index in [1.165, 1.54) is 0 Å². The van der Waals surface area contributed by atoms with Crippen LogP contribution in [0.1, 0.15) is 47.1 Å². The molecular formula is C22H37N3O4. The molecule has 0 saturated heterocycles. The van der Waals surface area contributed by atoms with Gasteiger partial charge in [0.05, 0.1) is 0 Å². The molecule has 2 amide bonds. The van der Waals surface area contributed by atoms with E-state index >= 15 is 0 Å². The maximum atomic E-state index is 12.7. The molecule has 0 radical (unpaired) electrons. The zero-order valence-corrected chi connectivity index (χ0v) is 19.1. The van der Waals surface area contributed by atoms with E-state index in [0.717, 1.165) is 11.3 Å². The van der Waals surface area contributed by atoms with Gasteiger partial charge in [-0.05, 0) is 73.3 Å². The smallest absolute Gasteiger partial charge is 0.408 e. The summed E-state index contributed by atoms with van der Waals surface area (Å²) in [5.74, 6) is 0.515. The van der Waals surface area contributed by atoms with Gasteiger partial charge in [-0.2, -0.15) is 0 Å². The third-order valence-corrected chi connectivity index (χ3v) is 3.65. The van der Waals surface area contributed by atoms with Crippen molar-refractivity contribution in [2.24, 2.45) is 0 Å². The van der Waals surface area contributed by atoms with Gasteiger partial charge in [-0.1, -0.05) is 12.1 Å². The molecule has 1 aromatic rings. The van der Waals surface area contributed by atoms with Gasteiger partial charge in [-0.25, -0.2) is 4.79 Å². The van der Waals surface area contributed by atoms with Crippen molar-refractivity contribution in [3.63, 3.8) is 0 Å². The van der Waals surface area contributed by atoms with E-state index < -0.39 is 17.7 Å². The van der Waals surface area contributed by atoms with E-state index in [1.54, 1.807) is 20.8 Å². The summed E-state index contributed by atoms with van der Waals surface area (Å²) in [5, 5.41) is 5.56. The first kappa shape index (κ1) is 24.8. The number of likely N-dealkylation sites (N-methyl/N-ethyl adjacent to an activating group) is 1. The highest BCUT2D eigenvalue weighted by atomic mass is 16.6. The fraction of sp³-hybridized carbons (Fsp3) is 0.636. The molecule has 164 valence electrons. The molecule has 0 aliphatic heterocycles. The van der Waals surface area contributed by atoms with Crippen molar-refractivity contribution < 1.29 is 19.1 Å². The van der Waals surface area contributed by atoms with E-state index in [0.29, 0.717) is 19.5 Å². The van der Waals surface area contributed by atoms with Gasteiger partial charge >= 0.3 is 6.09 Å². The first-order valence-corrected chi connectivity index (χ1v) is 9.95. The number of carbonyl (C=O) groups is 2. The molecule has 0 aliphatic carbocycles. The second-order valence-electron chi connectivity index (χ2n) is 9.36. The van der Waals surface area contributed by atoms with Gasteiger partial charge in [0.2, 0.25) is 5.91 Å². The fourth-order valence-electron chi connectivity index (χ4n) is 2.47. The van der Waals surface area contributed by atoms with Crippen molar-refractivity contribution in [3.05, 3.63) is 29.8 Å². The second-order valence-corrected chi connectivity index (χ2v) is 9.36. The van der Waals surface area contributed by atoms with E-state index in [4.69, 9.17) is 9.47 Å². The number of rotatable bonds is 8. The van der Waals surface area contributed by atoms with Gasteiger partial charge < -0.3 is 25.0 Å². The van der Waals surface area contributed by atoms with Gasteiger partial charge in [-0.3, -0.25) is 4.79 Å². The molecular weight excluding hydrogens is 370 g/mol. The van der Waals surface area contributed by atoms with Crippen LogP contribution >= 0.6 is 0 Å². The summed E-state index contributed by atoms with van der Waals surface area (Å²) >= 11 is 0. The monoisotopic (exact) mass is 407 g/mol. The van der Waals surface area contributed by atoms with Gasteiger partial charge in [0.25, 0.3) is 0 Å². The number of ether oxygens (including phenoxy) is 2. The molecule has 0 spiro atoms. The summed E-state index contributed by atoms with van der Waals surface area (Å²) in [7, 11) is 3.87. The van der Waals surface area contributed by atoms with Crippen molar-refractivity contribution in [1.82, 2.24) is 15.5 Å². The first-order valence-electron chi connectivity index (χ1n) is 9.95. The number of amides is 2. The molecule has 2 N–H and O–H groups in total. The number of nitrogens with zero attached hydrogens (tertiary/aromatic N) is 1. The number of alkyl carbamates (subject to hydrolysis) is 1. The van der Waals surface area contributed by atoms with Crippen LogP contribution < -0.4 is 15.4 Å². The van der Waals surface area contributed by atoms with E-state index in [-0.39, 0.29) is 11.5 Å². The first-order chi connectivity index (χ1) is 13.2. The van der Waals surface area contributed by atoms with Crippen LogP contribution in [0.25, 0.3) is 0 Å². The molecule has 29 heavy (non-hydrogen) atoms. The molecule has 0 fully saturated rings. The lowest BCUT2D eigenvalue weighted by atomic mass is 10.0. The van der Waals surface area contributed by atoms with Crippen LogP contribution in [0.3, 0.4) is 0 Å². The molecule has 7 nitrogen and oxygen atoms in total. The minimum Gasteiger partial charge on any atom is -0.488 e. The number of nitrogens with one attached hydrogen (secondary N) is 2. The second kappa shape index (κ2) is 10.5. The van der Waals surface area contributed by atoms with Gasteiger partial charge in [-0.15, -0.1) is 0 Å². The fourth-order valence-corrected chi connectivity index (χ4v) is 2.47. The lowest BCUT2D eigenvalue weighted by Gasteiger charge is -2.24. The average Bonchev–Trinajstić information content (AvgIpc) is 2.52. The Labute approximate surface area is 175 Å². The van der Waals surface area contributed by atoms with Crippen molar-refractivity contribution in [3.8, 4) is 5.75 Å². The highest BCUT2D eigenvalue weighted by Gasteiger charge is 2.24. The molecule has 0 heterocycles. The third-order valence-electron chi connectivity index (χ3n) is 3.65. The van der Waals surface area contributed by atoms with Crippen LogP contribution in [0.5, 0.6) is 5.75 Å². The Bertz CT molecular complexity index is 658.